The van der Waals surface area contributed by atoms with Crippen LogP contribution >= 0.6 is 11.3 Å². The molecular weight excluding hydrogens is 410 g/mol. The van der Waals surface area contributed by atoms with Gasteiger partial charge < -0.3 is 19.4 Å². The molecule has 0 fully saturated rings. The van der Waals surface area contributed by atoms with Crippen molar-refractivity contribution in [2.75, 3.05) is 11.5 Å². The molecule has 3 heterocycles. The van der Waals surface area contributed by atoms with E-state index in [-0.39, 0.29) is 28.0 Å². The fraction of sp³-hybridized carbons (Fsp3) is 0.200. The number of aromatic hydroxyl groups is 1. The summed E-state index contributed by atoms with van der Waals surface area (Å²) in [7, 11) is 0. The van der Waals surface area contributed by atoms with Gasteiger partial charge in [-0.2, -0.15) is 0 Å². The highest BCUT2D eigenvalue weighted by Gasteiger charge is 2.46. The molecule has 9 nitrogen and oxygen atoms in total. The summed E-state index contributed by atoms with van der Waals surface area (Å²) in [5.74, 6) is -1.49. The molecule has 0 aliphatic carbocycles. The van der Waals surface area contributed by atoms with Gasteiger partial charge in [-0.25, -0.2) is 0 Å². The van der Waals surface area contributed by atoms with Crippen molar-refractivity contribution in [1.82, 2.24) is 10.2 Å². The summed E-state index contributed by atoms with van der Waals surface area (Å²) in [6.07, 6.45) is 0. The van der Waals surface area contributed by atoms with Gasteiger partial charge in [0.15, 0.2) is 23.0 Å². The molecule has 30 heavy (non-hydrogen) atoms. The quantitative estimate of drug-likeness (QED) is 0.574. The number of rotatable bonds is 6. The number of hydrogen-bond acceptors (Lipinski definition) is 9. The Hall–Kier alpha value is -3.66. The van der Waals surface area contributed by atoms with Crippen LogP contribution in [0.3, 0.4) is 0 Å². The first kappa shape index (κ1) is 19.6. The monoisotopic (exact) mass is 427 g/mol. The van der Waals surface area contributed by atoms with Gasteiger partial charge in [0.1, 0.15) is 11.3 Å². The standard InChI is InChI=1S/C20H17N3O6S/c1-3-28-14-8-11(5-6-12(14)24)16-15(17(25)13-7-4-10(2)29-13)18(26)19(27)23(16)20-22-21-9-30-20/h4-9,16,24,26H,3H2,1-2H3. The van der Waals surface area contributed by atoms with Gasteiger partial charge in [0.2, 0.25) is 10.9 Å². The first-order valence-corrected chi connectivity index (χ1v) is 9.90. The highest BCUT2D eigenvalue weighted by atomic mass is 32.1. The number of Topliss-reactive ketones (excluding diaryl/α,β-unsaturated/α-hetero) is 1. The number of carbonyl (C=O) groups is 2. The summed E-state index contributed by atoms with van der Waals surface area (Å²) in [6, 6.07) is 6.55. The van der Waals surface area contributed by atoms with Crippen LogP contribution in [0.5, 0.6) is 11.5 Å². The molecule has 1 aliphatic rings. The SMILES string of the molecule is CCOc1cc(C2C(C(=O)c3ccc(C)o3)=C(O)C(=O)N2c2nncs2)ccc1O. The Balaban J connectivity index is 1.88. The van der Waals surface area contributed by atoms with E-state index in [4.69, 9.17) is 9.15 Å². The minimum absolute atomic E-state index is 0.00484. The summed E-state index contributed by atoms with van der Waals surface area (Å²) in [5.41, 5.74) is 1.72. The van der Waals surface area contributed by atoms with Crippen LogP contribution in [0.15, 0.2) is 51.6 Å². The number of phenolic OH excluding ortho intramolecular Hbond substituents is 1. The van der Waals surface area contributed by atoms with Crippen LogP contribution < -0.4 is 9.64 Å². The van der Waals surface area contributed by atoms with Crippen molar-refractivity contribution in [1.29, 1.82) is 0 Å². The maximum atomic E-state index is 13.2. The van der Waals surface area contributed by atoms with Gasteiger partial charge in [0.05, 0.1) is 18.2 Å². The summed E-state index contributed by atoms with van der Waals surface area (Å²) < 4.78 is 10.9. The topological polar surface area (TPSA) is 126 Å². The minimum atomic E-state index is -1.01. The van der Waals surface area contributed by atoms with E-state index < -0.39 is 23.5 Å². The van der Waals surface area contributed by atoms with Crippen LogP contribution in [0, 0.1) is 6.92 Å². The van der Waals surface area contributed by atoms with Gasteiger partial charge in [-0.05, 0) is 43.7 Å². The van der Waals surface area contributed by atoms with Crippen LogP contribution in [0.1, 0.15) is 34.8 Å². The molecule has 1 atom stereocenters. The fourth-order valence-electron chi connectivity index (χ4n) is 3.28. The lowest BCUT2D eigenvalue weighted by Crippen LogP contribution is -2.31. The van der Waals surface area contributed by atoms with E-state index in [0.29, 0.717) is 17.9 Å². The summed E-state index contributed by atoms with van der Waals surface area (Å²) in [4.78, 5) is 27.3. The molecule has 1 aromatic carbocycles. The van der Waals surface area contributed by atoms with Crippen molar-refractivity contribution in [2.45, 2.75) is 19.9 Å². The number of carbonyl (C=O) groups excluding carboxylic acids is 2. The fourth-order valence-corrected chi connectivity index (χ4v) is 3.87. The Morgan fingerprint density at radius 3 is 2.73 bits per heavy atom. The third-order valence-corrected chi connectivity index (χ3v) is 5.26. The highest BCUT2D eigenvalue weighted by molar-refractivity contribution is 7.13. The van der Waals surface area contributed by atoms with Gasteiger partial charge in [0, 0.05) is 0 Å². The molecule has 0 saturated heterocycles. The molecule has 0 bridgehead atoms. The van der Waals surface area contributed by atoms with Gasteiger partial charge in [0.25, 0.3) is 5.91 Å². The van der Waals surface area contributed by atoms with Crippen LogP contribution in [0.4, 0.5) is 5.13 Å². The number of anilines is 1. The molecule has 2 aromatic heterocycles. The van der Waals surface area contributed by atoms with E-state index in [9.17, 15) is 19.8 Å². The number of nitrogens with zero attached hydrogens (tertiary/aromatic N) is 3. The maximum absolute atomic E-state index is 13.2. The number of amides is 1. The third-order valence-electron chi connectivity index (χ3n) is 4.57. The lowest BCUT2D eigenvalue weighted by Gasteiger charge is -2.24. The van der Waals surface area contributed by atoms with Crippen molar-refractivity contribution in [2.24, 2.45) is 0 Å². The molecule has 4 rings (SSSR count). The Morgan fingerprint density at radius 2 is 2.10 bits per heavy atom. The number of aliphatic hydroxyl groups excluding tert-OH is 1. The summed E-state index contributed by atoms with van der Waals surface area (Å²) in [5, 5.41) is 28.6. The van der Waals surface area contributed by atoms with Crippen molar-refractivity contribution in [3.63, 3.8) is 0 Å². The van der Waals surface area contributed by atoms with Crippen molar-refractivity contribution < 1.29 is 29.0 Å². The molecule has 10 heteroatoms. The number of aliphatic hydroxyl groups is 1. The van der Waals surface area contributed by atoms with Gasteiger partial charge >= 0.3 is 0 Å². The number of benzene rings is 1. The zero-order valence-electron chi connectivity index (χ0n) is 16.0. The number of furan rings is 1. The first-order valence-electron chi connectivity index (χ1n) is 9.02. The average molecular weight is 427 g/mol. The van der Waals surface area contributed by atoms with E-state index >= 15 is 0 Å². The lowest BCUT2D eigenvalue weighted by molar-refractivity contribution is -0.117. The molecule has 1 amide bonds. The Bertz CT molecular complexity index is 1150. The Labute approximate surface area is 174 Å². The van der Waals surface area contributed by atoms with Gasteiger partial charge in [-0.1, -0.05) is 17.4 Å². The zero-order chi connectivity index (χ0) is 21.4. The lowest BCUT2D eigenvalue weighted by atomic mass is 9.95. The number of hydrogen-bond donors (Lipinski definition) is 2. The number of aryl methyl sites for hydroxylation is 1. The molecule has 154 valence electrons. The van der Waals surface area contributed by atoms with E-state index in [2.05, 4.69) is 10.2 Å². The number of ether oxygens (including phenoxy) is 1. The van der Waals surface area contributed by atoms with Crippen LogP contribution in [0.25, 0.3) is 0 Å². The van der Waals surface area contributed by atoms with Crippen molar-refractivity contribution in [3.05, 3.63) is 64.3 Å². The van der Waals surface area contributed by atoms with Crippen molar-refractivity contribution in [3.8, 4) is 11.5 Å². The molecule has 0 spiro atoms. The molecule has 1 unspecified atom stereocenters. The minimum Gasteiger partial charge on any atom is -0.504 e. The molecule has 1 aliphatic heterocycles. The zero-order valence-corrected chi connectivity index (χ0v) is 16.8. The van der Waals surface area contributed by atoms with Gasteiger partial charge in [-0.15, -0.1) is 10.2 Å². The number of ketones is 1. The Morgan fingerprint density at radius 1 is 1.30 bits per heavy atom. The summed E-state index contributed by atoms with van der Waals surface area (Å²) >= 11 is 1.09. The maximum Gasteiger partial charge on any atom is 0.296 e. The van der Waals surface area contributed by atoms with Crippen LogP contribution in [-0.2, 0) is 4.79 Å². The summed E-state index contributed by atoms with van der Waals surface area (Å²) in [6.45, 7) is 3.75. The van der Waals surface area contributed by atoms with E-state index in [1.54, 1.807) is 26.0 Å². The largest absolute Gasteiger partial charge is 0.504 e. The molecular formula is C20H17N3O6S. The smallest absolute Gasteiger partial charge is 0.296 e. The van der Waals surface area contributed by atoms with E-state index in [0.717, 1.165) is 11.3 Å². The molecule has 0 radical (unpaired) electrons. The number of phenols is 1. The second kappa shape index (κ2) is 7.64. The third kappa shape index (κ3) is 3.20. The van der Waals surface area contributed by atoms with Crippen LogP contribution in [-0.4, -0.2) is 38.7 Å². The molecule has 0 saturated carbocycles. The van der Waals surface area contributed by atoms with Crippen LogP contribution in [0.2, 0.25) is 0 Å². The first-order chi connectivity index (χ1) is 14.4. The predicted molar refractivity (Wildman–Crippen MR) is 107 cm³/mol. The van der Waals surface area contributed by atoms with Crippen molar-refractivity contribution >= 4 is 28.2 Å². The predicted octanol–water partition coefficient (Wildman–Crippen LogP) is 3.33. The number of aromatic nitrogens is 2. The highest BCUT2D eigenvalue weighted by Crippen LogP contribution is 2.44. The van der Waals surface area contributed by atoms with Gasteiger partial charge in [-0.3, -0.25) is 14.5 Å². The second-order valence-electron chi connectivity index (χ2n) is 6.46. The van der Waals surface area contributed by atoms with E-state index in [1.807, 2.05) is 0 Å². The molecule has 3 aromatic rings. The van der Waals surface area contributed by atoms with E-state index in [1.165, 1.54) is 28.6 Å². The molecule has 2 N–H and O–H groups in total. The Kier molecular flexibility index (Phi) is 5.00. The second-order valence-corrected chi connectivity index (χ2v) is 7.27. The average Bonchev–Trinajstić information content (AvgIpc) is 3.45. The normalized spacial score (nSPS) is 16.4.